The van der Waals surface area contributed by atoms with Gasteiger partial charge < -0.3 is 20.1 Å². The van der Waals surface area contributed by atoms with Crippen LogP contribution in [0, 0.1) is 6.92 Å². The largest absolute Gasteiger partial charge is 0.493 e. The summed E-state index contributed by atoms with van der Waals surface area (Å²) in [5.41, 5.74) is 3.95. The Balaban J connectivity index is 1.76. The van der Waals surface area contributed by atoms with Crippen molar-refractivity contribution in [2.24, 2.45) is 0 Å². The Morgan fingerprint density at radius 1 is 0.931 bits per heavy atom. The Labute approximate surface area is 175 Å². The fourth-order valence-corrected chi connectivity index (χ4v) is 3.12. The zero-order valence-electron chi connectivity index (χ0n) is 16.6. The summed E-state index contributed by atoms with van der Waals surface area (Å²) in [6.45, 7) is 2.30. The molecule has 29 heavy (non-hydrogen) atoms. The van der Waals surface area contributed by atoms with Gasteiger partial charge in [-0.25, -0.2) is 0 Å². The molecule has 0 atom stereocenters. The monoisotopic (exact) mass is 410 g/mol. The van der Waals surface area contributed by atoms with Crippen LogP contribution in [0.25, 0.3) is 0 Å². The molecule has 3 aromatic carbocycles. The van der Waals surface area contributed by atoms with E-state index in [0.29, 0.717) is 34.3 Å². The Kier molecular flexibility index (Phi) is 6.62. The van der Waals surface area contributed by atoms with E-state index < -0.39 is 0 Å². The number of anilines is 2. The van der Waals surface area contributed by atoms with Gasteiger partial charge in [0.15, 0.2) is 11.5 Å². The fraction of sp³-hybridized carbons (Fsp3) is 0.174. The number of hydrogen-bond donors (Lipinski definition) is 2. The number of methoxy groups -OCH3 is 2. The van der Waals surface area contributed by atoms with Crippen LogP contribution in [0.2, 0.25) is 5.02 Å². The van der Waals surface area contributed by atoms with Crippen LogP contribution in [0.1, 0.15) is 21.5 Å². The van der Waals surface area contributed by atoms with Gasteiger partial charge in [-0.3, -0.25) is 4.79 Å². The molecule has 0 spiro atoms. The molecule has 0 heterocycles. The van der Waals surface area contributed by atoms with Gasteiger partial charge in [0.05, 0.1) is 25.5 Å². The molecule has 0 saturated heterocycles. The lowest BCUT2D eigenvalue weighted by molar-refractivity contribution is 0.0951. The molecule has 0 fully saturated rings. The normalized spacial score (nSPS) is 10.3. The second-order valence-corrected chi connectivity index (χ2v) is 6.86. The molecule has 0 radical (unpaired) electrons. The van der Waals surface area contributed by atoms with Crippen molar-refractivity contribution in [2.45, 2.75) is 13.5 Å². The molecule has 1 amide bonds. The summed E-state index contributed by atoms with van der Waals surface area (Å²) in [7, 11) is 3.17. The number of para-hydroxylation sites is 1. The minimum absolute atomic E-state index is 0.178. The van der Waals surface area contributed by atoms with E-state index in [9.17, 15) is 4.79 Å². The van der Waals surface area contributed by atoms with Crippen molar-refractivity contribution >= 4 is 28.9 Å². The molecule has 0 aromatic heterocycles. The molecule has 0 aliphatic heterocycles. The second-order valence-electron chi connectivity index (χ2n) is 6.45. The van der Waals surface area contributed by atoms with Crippen molar-refractivity contribution in [1.29, 1.82) is 0 Å². The number of nitrogens with one attached hydrogen (secondary N) is 2. The van der Waals surface area contributed by atoms with Gasteiger partial charge >= 0.3 is 0 Å². The van der Waals surface area contributed by atoms with E-state index in [-0.39, 0.29) is 5.91 Å². The fourth-order valence-electron chi connectivity index (χ4n) is 2.95. The first-order chi connectivity index (χ1) is 14.0. The Bertz CT molecular complexity index is 1020. The van der Waals surface area contributed by atoms with E-state index in [1.807, 2.05) is 61.5 Å². The molecule has 0 saturated carbocycles. The topological polar surface area (TPSA) is 59.6 Å². The van der Waals surface area contributed by atoms with Gasteiger partial charge in [-0.05, 0) is 54.4 Å². The Hall–Kier alpha value is -3.18. The zero-order chi connectivity index (χ0) is 20.8. The minimum Gasteiger partial charge on any atom is -0.493 e. The number of benzene rings is 3. The number of carbonyl (C=O) groups excluding carboxylic acids is 1. The van der Waals surface area contributed by atoms with Crippen molar-refractivity contribution in [1.82, 2.24) is 5.32 Å². The van der Waals surface area contributed by atoms with Crippen molar-refractivity contribution in [3.05, 3.63) is 82.4 Å². The Morgan fingerprint density at radius 2 is 1.66 bits per heavy atom. The summed E-state index contributed by atoms with van der Waals surface area (Å²) in [6, 6.07) is 18.6. The van der Waals surface area contributed by atoms with Crippen LogP contribution in [-0.2, 0) is 6.54 Å². The van der Waals surface area contributed by atoms with Crippen molar-refractivity contribution < 1.29 is 14.3 Å². The van der Waals surface area contributed by atoms with Crippen LogP contribution >= 0.6 is 11.6 Å². The van der Waals surface area contributed by atoms with E-state index in [1.54, 1.807) is 20.3 Å². The van der Waals surface area contributed by atoms with Crippen LogP contribution in [0.15, 0.2) is 60.7 Å². The number of rotatable bonds is 7. The quantitative estimate of drug-likeness (QED) is 0.552. The van der Waals surface area contributed by atoms with Crippen molar-refractivity contribution in [2.75, 3.05) is 19.5 Å². The third kappa shape index (κ3) is 4.81. The average molecular weight is 411 g/mol. The molecule has 2 N–H and O–H groups in total. The predicted molar refractivity (Wildman–Crippen MR) is 117 cm³/mol. The second kappa shape index (κ2) is 9.34. The highest BCUT2D eigenvalue weighted by Crippen LogP contribution is 2.29. The predicted octanol–water partition coefficient (Wildman–Crippen LogP) is 5.34. The van der Waals surface area contributed by atoms with Crippen LogP contribution in [0.5, 0.6) is 11.5 Å². The molecule has 6 heteroatoms. The molecule has 150 valence electrons. The molecule has 0 aliphatic rings. The van der Waals surface area contributed by atoms with E-state index in [4.69, 9.17) is 21.1 Å². The number of halogens is 1. The molecular weight excluding hydrogens is 388 g/mol. The van der Waals surface area contributed by atoms with Crippen molar-refractivity contribution in [3.8, 4) is 11.5 Å². The Morgan fingerprint density at radius 3 is 2.41 bits per heavy atom. The van der Waals surface area contributed by atoms with Gasteiger partial charge in [0.1, 0.15) is 0 Å². The maximum atomic E-state index is 12.8. The summed E-state index contributed by atoms with van der Waals surface area (Å²) in [5, 5.41) is 6.94. The van der Waals surface area contributed by atoms with Crippen LogP contribution in [0.3, 0.4) is 0 Å². The molecule has 5 nitrogen and oxygen atoms in total. The highest BCUT2D eigenvalue weighted by molar-refractivity contribution is 6.31. The van der Waals surface area contributed by atoms with Crippen LogP contribution in [-0.4, -0.2) is 20.1 Å². The van der Waals surface area contributed by atoms with E-state index >= 15 is 0 Å². The van der Waals surface area contributed by atoms with Crippen LogP contribution < -0.4 is 20.1 Å². The number of amides is 1. The van der Waals surface area contributed by atoms with Gasteiger partial charge in [0.2, 0.25) is 0 Å². The highest BCUT2D eigenvalue weighted by Gasteiger charge is 2.13. The lowest BCUT2D eigenvalue weighted by Gasteiger charge is -2.15. The lowest BCUT2D eigenvalue weighted by atomic mass is 10.1. The molecular formula is C23H23ClN2O3. The first-order valence-corrected chi connectivity index (χ1v) is 9.51. The van der Waals surface area contributed by atoms with Gasteiger partial charge in [-0.2, -0.15) is 0 Å². The summed E-state index contributed by atoms with van der Waals surface area (Å²) in [6.07, 6.45) is 0. The molecule has 0 unspecified atom stereocenters. The number of hydrogen-bond acceptors (Lipinski definition) is 4. The summed E-state index contributed by atoms with van der Waals surface area (Å²) < 4.78 is 10.6. The third-order valence-corrected chi connectivity index (χ3v) is 5.02. The standard InChI is InChI=1S/C23H23ClN2O3/c1-15-18(24)8-6-10-19(15)26-20-9-5-4-7-17(20)23(27)25-14-16-11-12-21(28-2)22(13-16)29-3/h4-13,26H,14H2,1-3H3,(H,25,27). The molecule has 0 aliphatic carbocycles. The maximum absolute atomic E-state index is 12.8. The third-order valence-electron chi connectivity index (χ3n) is 4.61. The lowest BCUT2D eigenvalue weighted by Crippen LogP contribution is -2.23. The van der Waals surface area contributed by atoms with Gasteiger partial charge in [0.25, 0.3) is 5.91 Å². The molecule has 0 bridgehead atoms. The van der Waals surface area contributed by atoms with E-state index in [1.165, 1.54) is 0 Å². The number of ether oxygens (including phenoxy) is 2. The first-order valence-electron chi connectivity index (χ1n) is 9.13. The smallest absolute Gasteiger partial charge is 0.253 e. The summed E-state index contributed by atoms with van der Waals surface area (Å²) in [5.74, 6) is 1.09. The summed E-state index contributed by atoms with van der Waals surface area (Å²) in [4.78, 5) is 12.8. The maximum Gasteiger partial charge on any atom is 0.253 e. The summed E-state index contributed by atoms with van der Waals surface area (Å²) >= 11 is 6.21. The minimum atomic E-state index is -0.178. The first kappa shape index (κ1) is 20.6. The van der Waals surface area contributed by atoms with Crippen LogP contribution in [0.4, 0.5) is 11.4 Å². The molecule has 3 rings (SSSR count). The van der Waals surface area contributed by atoms with Gasteiger partial charge in [-0.15, -0.1) is 0 Å². The highest BCUT2D eigenvalue weighted by atomic mass is 35.5. The number of carbonyl (C=O) groups is 1. The van der Waals surface area contributed by atoms with E-state index in [0.717, 1.165) is 16.8 Å². The van der Waals surface area contributed by atoms with Crippen molar-refractivity contribution in [3.63, 3.8) is 0 Å². The molecule has 3 aromatic rings. The van der Waals surface area contributed by atoms with E-state index in [2.05, 4.69) is 10.6 Å². The average Bonchev–Trinajstić information content (AvgIpc) is 2.75. The SMILES string of the molecule is COc1ccc(CNC(=O)c2ccccc2Nc2cccc(Cl)c2C)cc1OC. The zero-order valence-corrected chi connectivity index (χ0v) is 17.3. The van der Waals surface area contributed by atoms with Gasteiger partial charge in [0, 0.05) is 17.3 Å². The van der Waals surface area contributed by atoms with Gasteiger partial charge in [-0.1, -0.05) is 35.9 Å².